The maximum atomic E-state index is 8.36. The normalized spacial score (nSPS) is 9.27. The van der Waals surface area contributed by atoms with Crippen LogP contribution in [0.3, 0.4) is 0 Å². The second-order valence-corrected chi connectivity index (χ2v) is 1.98. The average molecular weight is 168 g/mol. The maximum absolute atomic E-state index is 8.36. The molecule has 0 atom stereocenters. The molecule has 0 saturated heterocycles. The average Bonchev–Trinajstić information content (AvgIpc) is 1.56. The molecule has 7 heteroatoms. The van der Waals surface area contributed by atoms with Gasteiger partial charge in [-0.1, -0.05) is 0 Å². The lowest BCUT2D eigenvalue weighted by molar-refractivity contribution is -0.742. The van der Waals surface area contributed by atoms with Crippen LogP contribution in [0, 0.1) is 10.1 Å². The van der Waals surface area contributed by atoms with Crippen molar-refractivity contribution in [2.75, 3.05) is 20.6 Å². The fourth-order valence-electron chi connectivity index (χ4n) is 0.327. The van der Waals surface area contributed by atoms with Crippen molar-refractivity contribution >= 4 is 0 Å². The molecule has 0 amide bonds. The Balaban J connectivity index is 0. The van der Waals surface area contributed by atoms with E-state index in [0.29, 0.717) is 6.54 Å². The number of nitrogens with zero attached hydrogens (tertiary/aromatic N) is 2. The molecule has 0 fully saturated rings. The predicted molar refractivity (Wildman–Crippen MR) is 35.6 cm³/mol. The van der Waals surface area contributed by atoms with Crippen LogP contribution in [0.4, 0.5) is 0 Å². The van der Waals surface area contributed by atoms with Gasteiger partial charge in [0.1, 0.15) is 0 Å². The second-order valence-electron chi connectivity index (χ2n) is 1.98. The van der Waals surface area contributed by atoms with Crippen LogP contribution in [0.5, 0.6) is 0 Å². The molecule has 0 unspecified atom stereocenters. The number of likely N-dealkylation sites (N-methyl/N-ethyl adjacent to an activating group) is 1. The van der Waals surface area contributed by atoms with E-state index in [0.717, 1.165) is 0 Å². The van der Waals surface area contributed by atoms with Crippen molar-refractivity contribution in [2.45, 2.75) is 6.29 Å². The number of hydrogen-bond acceptors (Lipinski definition) is 5. The summed E-state index contributed by atoms with van der Waals surface area (Å²) in [5, 5.41) is 30.1. The first-order valence-corrected chi connectivity index (χ1v) is 2.70. The largest absolute Gasteiger partial charge is 0.367 e. The first-order chi connectivity index (χ1) is 4.86. The molecular formula is C4H12N2O5. The van der Waals surface area contributed by atoms with Crippen molar-refractivity contribution in [3.05, 3.63) is 10.1 Å². The second kappa shape index (κ2) is 7.19. The zero-order valence-electron chi connectivity index (χ0n) is 6.34. The Bertz CT molecular complexity index is 94.7. The summed E-state index contributed by atoms with van der Waals surface area (Å²) < 4.78 is 0. The number of aliphatic hydroxyl groups excluding tert-OH is 1. The van der Waals surface area contributed by atoms with Gasteiger partial charge in [-0.25, -0.2) is 0 Å². The van der Waals surface area contributed by atoms with Gasteiger partial charge in [-0.15, -0.1) is 10.1 Å². The molecule has 68 valence electrons. The lowest BCUT2D eigenvalue weighted by atomic mass is 10.6. The fraction of sp³-hybridized carbons (Fsp3) is 1.00. The van der Waals surface area contributed by atoms with Crippen LogP contribution in [0.1, 0.15) is 0 Å². The van der Waals surface area contributed by atoms with E-state index in [4.69, 9.17) is 25.5 Å². The van der Waals surface area contributed by atoms with Crippen molar-refractivity contribution < 1.29 is 20.5 Å². The molecule has 0 aromatic rings. The van der Waals surface area contributed by atoms with Crippen molar-refractivity contribution in [3.8, 4) is 0 Å². The van der Waals surface area contributed by atoms with Crippen LogP contribution in [0.25, 0.3) is 0 Å². The molecule has 0 spiro atoms. The molecule has 0 aromatic heterocycles. The van der Waals surface area contributed by atoms with Gasteiger partial charge in [0.05, 0.1) is 0 Å². The van der Waals surface area contributed by atoms with E-state index in [1.165, 1.54) is 0 Å². The third-order valence-corrected chi connectivity index (χ3v) is 0.528. The van der Waals surface area contributed by atoms with Crippen LogP contribution in [0.15, 0.2) is 0 Å². The molecule has 0 heterocycles. The van der Waals surface area contributed by atoms with Crippen LogP contribution in [-0.4, -0.2) is 52.3 Å². The summed E-state index contributed by atoms with van der Waals surface area (Å²) in [6.07, 6.45) is -1.20. The van der Waals surface area contributed by atoms with Crippen molar-refractivity contribution in [3.63, 3.8) is 0 Å². The summed E-state index contributed by atoms with van der Waals surface area (Å²) in [5.74, 6) is 0. The Morgan fingerprint density at radius 2 is 1.82 bits per heavy atom. The number of hydrogen-bond donors (Lipinski definition) is 3. The molecule has 0 radical (unpaired) electrons. The summed E-state index contributed by atoms with van der Waals surface area (Å²) in [7, 11) is 3.55. The molecule has 0 aliphatic carbocycles. The molecular weight excluding hydrogens is 156 g/mol. The first kappa shape index (κ1) is 12.7. The van der Waals surface area contributed by atoms with Crippen LogP contribution < -0.4 is 0 Å². The third-order valence-electron chi connectivity index (χ3n) is 0.528. The van der Waals surface area contributed by atoms with Crippen molar-refractivity contribution in [1.29, 1.82) is 0 Å². The van der Waals surface area contributed by atoms with Gasteiger partial charge in [0, 0.05) is 6.54 Å². The van der Waals surface area contributed by atoms with Gasteiger partial charge in [-0.3, -0.25) is 0 Å². The van der Waals surface area contributed by atoms with Gasteiger partial charge in [0.15, 0.2) is 6.29 Å². The summed E-state index contributed by atoms with van der Waals surface area (Å²) in [6, 6.07) is 0. The number of rotatable bonds is 2. The van der Waals surface area contributed by atoms with Gasteiger partial charge in [0.2, 0.25) is 0 Å². The Kier molecular flexibility index (Phi) is 8.32. The molecule has 3 N–H and O–H groups in total. The van der Waals surface area contributed by atoms with Gasteiger partial charge in [-0.2, -0.15) is 0 Å². The Morgan fingerprint density at radius 1 is 1.55 bits per heavy atom. The minimum atomic E-state index is -1.50. The van der Waals surface area contributed by atoms with E-state index in [1.807, 2.05) is 0 Å². The molecule has 11 heavy (non-hydrogen) atoms. The van der Waals surface area contributed by atoms with E-state index in [1.54, 1.807) is 19.0 Å². The predicted octanol–water partition coefficient (Wildman–Crippen LogP) is -1.49. The highest BCUT2D eigenvalue weighted by atomic mass is 16.9. The minimum Gasteiger partial charge on any atom is -0.367 e. The first-order valence-electron chi connectivity index (χ1n) is 2.70. The highest BCUT2D eigenvalue weighted by Crippen LogP contribution is 1.76. The summed E-state index contributed by atoms with van der Waals surface area (Å²) >= 11 is 0. The standard InChI is InChI=1S/C4H11NO2.HNO3/c1-5(2)3-4(6)7;2-1(3)4/h4,6-7H,3H2,1-2H3;(H,2,3,4). The zero-order chi connectivity index (χ0) is 9.44. The Hall–Kier alpha value is -0.920. The molecule has 0 aliphatic heterocycles. The highest BCUT2D eigenvalue weighted by molar-refractivity contribution is 4.40. The quantitative estimate of drug-likeness (QED) is 0.263. The monoisotopic (exact) mass is 168 g/mol. The Morgan fingerprint density at radius 3 is 1.82 bits per heavy atom. The third kappa shape index (κ3) is 48.0. The van der Waals surface area contributed by atoms with E-state index >= 15 is 0 Å². The lowest BCUT2D eigenvalue weighted by Crippen LogP contribution is -2.24. The summed E-state index contributed by atoms with van der Waals surface area (Å²) in [6.45, 7) is 0.306. The van der Waals surface area contributed by atoms with Crippen LogP contribution >= 0.6 is 0 Å². The Labute approximate surface area is 63.6 Å². The molecule has 0 aromatic carbocycles. The van der Waals surface area contributed by atoms with Crippen molar-refractivity contribution in [1.82, 2.24) is 4.90 Å². The van der Waals surface area contributed by atoms with Crippen LogP contribution in [-0.2, 0) is 0 Å². The SMILES string of the molecule is CN(C)CC(O)O.O=[N+]([O-])O. The summed E-state index contributed by atoms with van der Waals surface area (Å²) in [4.78, 5) is 10.1. The molecule has 0 saturated carbocycles. The topological polar surface area (TPSA) is 107 Å². The van der Waals surface area contributed by atoms with Crippen LogP contribution in [0.2, 0.25) is 0 Å². The van der Waals surface area contributed by atoms with Crippen molar-refractivity contribution in [2.24, 2.45) is 0 Å². The van der Waals surface area contributed by atoms with Gasteiger partial charge in [0.25, 0.3) is 5.09 Å². The highest BCUT2D eigenvalue weighted by Gasteiger charge is 1.95. The number of aliphatic hydroxyl groups is 2. The molecule has 0 rings (SSSR count). The molecule has 0 aliphatic rings. The zero-order valence-corrected chi connectivity index (χ0v) is 6.34. The molecule has 0 bridgehead atoms. The summed E-state index contributed by atoms with van der Waals surface area (Å²) in [5.41, 5.74) is 0. The molecule has 7 nitrogen and oxygen atoms in total. The van der Waals surface area contributed by atoms with Gasteiger partial charge >= 0.3 is 0 Å². The lowest BCUT2D eigenvalue weighted by Gasteiger charge is -2.09. The minimum absolute atomic E-state index is 0.306. The van der Waals surface area contributed by atoms with Gasteiger partial charge in [-0.05, 0) is 14.1 Å². The van der Waals surface area contributed by atoms with E-state index in [-0.39, 0.29) is 0 Å². The maximum Gasteiger partial charge on any atom is 0.291 e. The van der Waals surface area contributed by atoms with Gasteiger partial charge < -0.3 is 20.3 Å². The van der Waals surface area contributed by atoms with E-state index in [2.05, 4.69) is 0 Å². The fourth-order valence-corrected chi connectivity index (χ4v) is 0.327. The van der Waals surface area contributed by atoms with E-state index < -0.39 is 11.4 Å². The smallest absolute Gasteiger partial charge is 0.291 e. The van der Waals surface area contributed by atoms with E-state index in [9.17, 15) is 0 Å².